The quantitative estimate of drug-likeness (QED) is 0.379. The highest BCUT2D eigenvalue weighted by Crippen LogP contribution is 2.21. The molecule has 1 heterocycles. The lowest BCUT2D eigenvalue weighted by Gasteiger charge is -2.32. The summed E-state index contributed by atoms with van der Waals surface area (Å²) in [6.45, 7) is 11.6. The predicted molar refractivity (Wildman–Crippen MR) is 118 cm³/mol. The fourth-order valence-electron chi connectivity index (χ4n) is 3.72. The van der Waals surface area contributed by atoms with Crippen molar-refractivity contribution < 1.29 is 24.3 Å². The smallest absolute Gasteiger partial charge is 0.326 e. The lowest BCUT2D eigenvalue weighted by Crippen LogP contribution is -2.58. The molecule has 1 aliphatic heterocycles. The van der Waals surface area contributed by atoms with Crippen LogP contribution in [0.3, 0.4) is 0 Å². The molecule has 0 aromatic rings. The number of nitrogens with zero attached hydrogens (tertiary/aromatic N) is 1. The van der Waals surface area contributed by atoms with Gasteiger partial charge in [0, 0.05) is 6.54 Å². The summed E-state index contributed by atoms with van der Waals surface area (Å²) in [4.78, 5) is 51.6. The number of carboxylic acid groups (broad SMARTS) is 1. The van der Waals surface area contributed by atoms with Crippen molar-refractivity contribution in [3.8, 4) is 0 Å². The van der Waals surface area contributed by atoms with Crippen LogP contribution in [0.1, 0.15) is 67.2 Å². The van der Waals surface area contributed by atoms with Crippen LogP contribution in [0.2, 0.25) is 0 Å². The number of likely N-dealkylation sites (tertiary alicyclic amines) is 1. The van der Waals surface area contributed by atoms with Crippen LogP contribution in [0.4, 0.5) is 0 Å². The summed E-state index contributed by atoms with van der Waals surface area (Å²) in [5.41, 5.74) is 6.01. The van der Waals surface area contributed by atoms with E-state index in [2.05, 4.69) is 10.6 Å². The molecule has 1 aliphatic rings. The molecule has 1 fully saturated rings. The van der Waals surface area contributed by atoms with Gasteiger partial charge in [0.1, 0.15) is 18.1 Å². The largest absolute Gasteiger partial charge is 0.480 e. The Morgan fingerprint density at radius 2 is 1.71 bits per heavy atom. The van der Waals surface area contributed by atoms with Gasteiger partial charge in [0.2, 0.25) is 17.7 Å². The van der Waals surface area contributed by atoms with Crippen molar-refractivity contribution >= 4 is 23.7 Å². The molecular formula is C22H40N4O5. The van der Waals surface area contributed by atoms with E-state index in [0.717, 1.165) is 6.42 Å². The molecule has 0 aromatic carbocycles. The van der Waals surface area contributed by atoms with E-state index < -0.39 is 36.0 Å². The normalized spacial score (nSPS) is 20.3. The lowest BCUT2D eigenvalue weighted by molar-refractivity contribution is -0.145. The summed E-state index contributed by atoms with van der Waals surface area (Å²) in [7, 11) is 0. The van der Waals surface area contributed by atoms with Gasteiger partial charge in [-0.05, 0) is 37.0 Å². The van der Waals surface area contributed by atoms with E-state index in [9.17, 15) is 24.3 Å². The highest BCUT2D eigenvalue weighted by Gasteiger charge is 2.40. The van der Waals surface area contributed by atoms with Gasteiger partial charge in [0.05, 0.1) is 6.04 Å². The SMILES string of the molecule is CC[C@H](C)[C@H](N)C(=O)N[C@H](C(=O)N1CCC[C@H]1C(=O)N[C@@H](CC(C)C)C(=O)O)C(C)C. The fourth-order valence-corrected chi connectivity index (χ4v) is 3.72. The van der Waals surface area contributed by atoms with Crippen LogP contribution in [-0.2, 0) is 19.2 Å². The van der Waals surface area contributed by atoms with E-state index >= 15 is 0 Å². The zero-order chi connectivity index (χ0) is 23.9. The first-order valence-electron chi connectivity index (χ1n) is 11.3. The number of nitrogens with two attached hydrogens (primary N) is 1. The van der Waals surface area contributed by atoms with Gasteiger partial charge in [-0.15, -0.1) is 0 Å². The third-order valence-corrected chi connectivity index (χ3v) is 5.95. The third-order valence-electron chi connectivity index (χ3n) is 5.95. The molecule has 0 unspecified atom stereocenters. The Kier molecular flexibility index (Phi) is 10.4. The lowest BCUT2D eigenvalue weighted by atomic mass is 9.97. The van der Waals surface area contributed by atoms with Gasteiger partial charge >= 0.3 is 5.97 Å². The number of rotatable bonds is 11. The second-order valence-corrected chi connectivity index (χ2v) is 9.36. The number of amides is 3. The first-order chi connectivity index (χ1) is 14.4. The minimum atomic E-state index is -1.09. The summed E-state index contributed by atoms with van der Waals surface area (Å²) in [6.07, 6.45) is 2.14. The molecule has 0 spiro atoms. The van der Waals surface area contributed by atoms with Crippen molar-refractivity contribution in [1.82, 2.24) is 15.5 Å². The van der Waals surface area contributed by atoms with Crippen molar-refractivity contribution in [3.05, 3.63) is 0 Å². The zero-order valence-corrected chi connectivity index (χ0v) is 19.7. The number of hydrogen-bond acceptors (Lipinski definition) is 5. The summed E-state index contributed by atoms with van der Waals surface area (Å²) >= 11 is 0. The van der Waals surface area contributed by atoms with Crippen LogP contribution >= 0.6 is 0 Å². The Morgan fingerprint density at radius 1 is 1.10 bits per heavy atom. The minimum Gasteiger partial charge on any atom is -0.480 e. The minimum absolute atomic E-state index is 0.0258. The average Bonchev–Trinajstić information content (AvgIpc) is 3.18. The molecule has 5 atom stereocenters. The topological polar surface area (TPSA) is 142 Å². The van der Waals surface area contributed by atoms with Crippen LogP contribution in [0.15, 0.2) is 0 Å². The summed E-state index contributed by atoms with van der Waals surface area (Å²) in [6, 6.07) is -3.27. The first-order valence-corrected chi connectivity index (χ1v) is 11.3. The number of nitrogens with one attached hydrogen (secondary N) is 2. The van der Waals surface area contributed by atoms with Gasteiger partial charge < -0.3 is 26.4 Å². The van der Waals surface area contributed by atoms with Crippen LogP contribution < -0.4 is 16.4 Å². The standard InChI is InChI=1S/C22H40N4O5/c1-7-14(6)17(23)20(28)25-18(13(4)5)21(29)26-10-8-9-16(26)19(27)24-15(22(30)31)11-12(2)3/h12-18H,7-11,23H2,1-6H3,(H,24,27)(H,25,28)(H,30,31)/t14-,15-,16-,17-,18-/m0/s1. The highest BCUT2D eigenvalue weighted by molar-refractivity contribution is 5.94. The number of carboxylic acids is 1. The second kappa shape index (κ2) is 12.0. The molecule has 0 saturated carbocycles. The molecule has 0 aromatic heterocycles. The fraction of sp³-hybridized carbons (Fsp3) is 0.818. The zero-order valence-electron chi connectivity index (χ0n) is 19.7. The van der Waals surface area contributed by atoms with E-state index in [1.54, 1.807) is 0 Å². The van der Waals surface area contributed by atoms with E-state index in [0.29, 0.717) is 25.8 Å². The Balaban J connectivity index is 2.93. The van der Waals surface area contributed by atoms with Gasteiger partial charge in [-0.3, -0.25) is 14.4 Å². The van der Waals surface area contributed by atoms with Crippen molar-refractivity contribution in [2.45, 2.75) is 91.4 Å². The van der Waals surface area contributed by atoms with Gasteiger partial charge in [-0.25, -0.2) is 4.79 Å². The molecule has 31 heavy (non-hydrogen) atoms. The summed E-state index contributed by atoms with van der Waals surface area (Å²) < 4.78 is 0. The average molecular weight is 441 g/mol. The maximum Gasteiger partial charge on any atom is 0.326 e. The maximum atomic E-state index is 13.3. The second-order valence-electron chi connectivity index (χ2n) is 9.36. The summed E-state index contributed by atoms with van der Waals surface area (Å²) in [5.74, 6) is -2.41. The van der Waals surface area contributed by atoms with Crippen molar-refractivity contribution in [2.24, 2.45) is 23.5 Å². The van der Waals surface area contributed by atoms with Crippen molar-refractivity contribution in [2.75, 3.05) is 6.54 Å². The van der Waals surface area contributed by atoms with Gasteiger partial charge in [-0.2, -0.15) is 0 Å². The number of carbonyl (C=O) groups excluding carboxylic acids is 3. The number of aliphatic carboxylic acids is 1. The Bertz CT molecular complexity index is 652. The molecule has 0 bridgehead atoms. The number of hydrogen-bond donors (Lipinski definition) is 4. The van der Waals surface area contributed by atoms with Crippen LogP contribution in [0, 0.1) is 17.8 Å². The predicted octanol–water partition coefficient (Wildman–Crippen LogP) is 1.11. The molecular weight excluding hydrogens is 400 g/mol. The highest BCUT2D eigenvalue weighted by atomic mass is 16.4. The van der Waals surface area contributed by atoms with Crippen LogP contribution in [0.25, 0.3) is 0 Å². The molecule has 3 amide bonds. The summed E-state index contributed by atoms with van der Waals surface area (Å²) in [5, 5.41) is 14.8. The van der Waals surface area contributed by atoms with Gasteiger partial charge in [-0.1, -0.05) is 48.0 Å². The monoisotopic (exact) mass is 440 g/mol. The third kappa shape index (κ3) is 7.48. The molecule has 178 valence electrons. The van der Waals surface area contributed by atoms with Crippen LogP contribution in [-0.4, -0.2) is 64.4 Å². The van der Waals surface area contributed by atoms with Gasteiger partial charge in [0.15, 0.2) is 0 Å². The molecule has 5 N–H and O–H groups in total. The first kappa shape index (κ1) is 26.9. The van der Waals surface area contributed by atoms with E-state index in [4.69, 9.17) is 5.73 Å². The molecule has 1 rings (SSSR count). The Labute approximate surface area is 185 Å². The molecule has 1 saturated heterocycles. The van der Waals surface area contributed by atoms with Gasteiger partial charge in [0.25, 0.3) is 0 Å². The van der Waals surface area contributed by atoms with E-state index in [-0.39, 0.29) is 29.6 Å². The Morgan fingerprint density at radius 3 is 2.19 bits per heavy atom. The molecule has 9 heteroatoms. The van der Waals surface area contributed by atoms with Crippen molar-refractivity contribution in [3.63, 3.8) is 0 Å². The Hall–Kier alpha value is -2.16. The van der Waals surface area contributed by atoms with E-state index in [1.165, 1.54) is 4.90 Å². The van der Waals surface area contributed by atoms with Crippen LogP contribution in [0.5, 0.6) is 0 Å². The van der Waals surface area contributed by atoms with E-state index in [1.807, 2.05) is 41.5 Å². The van der Waals surface area contributed by atoms with Crippen molar-refractivity contribution in [1.29, 1.82) is 0 Å². The number of carbonyl (C=O) groups is 4. The molecule has 0 aliphatic carbocycles. The molecule has 0 radical (unpaired) electrons. The maximum absolute atomic E-state index is 13.3. The molecule has 9 nitrogen and oxygen atoms in total.